The van der Waals surface area contributed by atoms with Crippen LogP contribution in [0.4, 0.5) is 5.69 Å². The fraction of sp³-hybridized carbons (Fsp3) is 0.0714. The van der Waals surface area contributed by atoms with Crippen molar-refractivity contribution in [1.29, 1.82) is 0 Å². The second kappa shape index (κ2) is 5.10. The van der Waals surface area contributed by atoms with Gasteiger partial charge in [-0.15, -0.1) is 0 Å². The van der Waals surface area contributed by atoms with Gasteiger partial charge in [-0.1, -0.05) is 12.1 Å². The van der Waals surface area contributed by atoms with E-state index in [4.69, 9.17) is 4.74 Å². The van der Waals surface area contributed by atoms with E-state index in [9.17, 15) is 8.42 Å². The predicted molar refractivity (Wildman–Crippen MR) is 79.9 cm³/mol. The third-order valence-electron chi connectivity index (χ3n) is 3.05. The molecular weight excluding hydrogens is 290 g/mol. The number of nitrogens with one attached hydrogen (secondary N) is 2. The summed E-state index contributed by atoms with van der Waals surface area (Å²) >= 11 is 0. The molecule has 6 nitrogen and oxygen atoms in total. The number of rotatable bonds is 4. The zero-order valence-electron chi connectivity index (χ0n) is 11.2. The van der Waals surface area contributed by atoms with Crippen molar-refractivity contribution < 1.29 is 13.2 Å². The second-order valence-electron chi connectivity index (χ2n) is 4.36. The number of H-pyrrole nitrogens is 1. The minimum Gasteiger partial charge on any atom is -0.495 e. The van der Waals surface area contributed by atoms with Gasteiger partial charge in [-0.05, 0) is 24.3 Å². The summed E-state index contributed by atoms with van der Waals surface area (Å²) in [5, 5.41) is 0.542. The summed E-state index contributed by atoms with van der Waals surface area (Å²) in [7, 11) is -2.24. The molecular formula is C14H13N3O3S. The maximum atomic E-state index is 12.5. The van der Waals surface area contributed by atoms with Gasteiger partial charge in [-0.3, -0.25) is 4.72 Å². The SMILES string of the molecule is COc1ccccc1NS(=O)(=O)c1c[nH]c2ncccc12. The van der Waals surface area contributed by atoms with Crippen LogP contribution in [-0.2, 0) is 10.0 Å². The lowest BCUT2D eigenvalue weighted by molar-refractivity contribution is 0.417. The normalized spacial score (nSPS) is 11.5. The molecule has 0 radical (unpaired) electrons. The van der Waals surface area contributed by atoms with Crippen LogP contribution in [0.1, 0.15) is 0 Å². The van der Waals surface area contributed by atoms with Crippen LogP contribution >= 0.6 is 0 Å². The van der Waals surface area contributed by atoms with Crippen molar-refractivity contribution in [3.05, 3.63) is 48.8 Å². The van der Waals surface area contributed by atoms with Gasteiger partial charge >= 0.3 is 0 Å². The number of para-hydroxylation sites is 2. The molecule has 0 aliphatic rings. The van der Waals surface area contributed by atoms with Crippen LogP contribution in [0.15, 0.2) is 53.7 Å². The highest BCUT2D eigenvalue weighted by Crippen LogP contribution is 2.28. The summed E-state index contributed by atoms with van der Waals surface area (Å²) in [6, 6.07) is 10.2. The third kappa shape index (κ3) is 2.43. The quantitative estimate of drug-likeness (QED) is 0.775. The Labute approximate surface area is 121 Å². The van der Waals surface area contributed by atoms with Gasteiger partial charge in [0.05, 0.1) is 12.8 Å². The number of pyridine rings is 1. The first-order valence-electron chi connectivity index (χ1n) is 6.20. The molecule has 0 saturated carbocycles. The van der Waals surface area contributed by atoms with E-state index in [2.05, 4.69) is 14.7 Å². The number of sulfonamides is 1. The molecule has 2 N–H and O–H groups in total. The van der Waals surface area contributed by atoms with Crippen molar-refractivity contribution >= 4 is 26.7 Å². The van der Waals surface area contributed by atoms with Crippen LogP contribution in [0.3, 0.4) is 0 Å². The minimum atomic E-state index is -3.73. The predicted octanol–water partition coefficient (Wildman–Crippen LogP) is 2.37. The molecule has 7 heteroatoms. The van der Waals surface area contributed by atoms with Crippen LogP contribution in [0.5, 0.6) is 5.75 Å². The zero-order valence-corrected chi connectivity index (χ0v) is 12.0. The number of nitrogens with zero attached hydrogens (tertiary/aromatic N) is 1. The first kappa shape index (κ1) is 13.4. The average molecular weight is 303 g/mol. The molecule has 0 atom stereocenters. The van der Waals surface area contributed by atoms with E-state index in [1.807, 2.05) is 0 Å². The molecule has 0 amide bonds. The smallest absolute Gasteiger partial charge is 0.264 e. The molecule has 0 unspecified atom stereocenters. The Kier molecular flexibility index (Phi) is 3.26. The Hall–Kier alpha value is -2.54. The van der Waals surface area contributed by atoms with E-state index in [-0.39, 0.29) is 4.90 Å². The van der Waals surface area contributed by atoms with E-state index < -0.39 is 10.0 Å². The molecule has 3 rings (SSSR count). The van der Waals surface area contributed by atoms with Crippen molar-refractivity contribution in [2.24, 2.45) is 0 Å². The molecule has 0 bridgehead atoms. The topological polar surface area (TPSA) is 84.1 Å². The zero-order chi connectivity index (χ0) is 14.9. The Bertz CT molecular complexity index is 887. The molecule has 0 spiro atoms. The van der Waals surface area contributed by atoms with Crippen molar-refractivity contribution in [3.63, 3.8) is 0 Å². The van der Waals surface area contributed by atoms with Gasteiger partial charge in [0.15, 0.2) is 0 Å². The van der Waals surface area contributed by atoms with Gasteiger partial charge in [-0.25, -0.2) is 13.4 Å². The maximum Gasteiger partial charge on any atom is 0.264 e. The molecule has 3 aromatic rings. The Balaban J connectivity index is 2.05. The van der Waals surface area contributed by atoms with Gasteiger partial charge in [0, 0.05) is 17.8 Å². The van der Waals surface area contributed by atoms with Crippen LogP contribution in [0, 0.1) is 0 Å². The summed E-state index contributed by atoms with van der Waals surface area (Å²) in [5.41, 5.74) is 0.913. The highest BCUT2D eigenvalue weighted by Gasteiger charge is 2.20. The number of hydrogen-bond acceptors (Lipinski definition) is 4. The van der Waals surface area contributed by atoms with Crippen LogP contribution in [0.25, 0.3) is 11.0 Å². The van der Waals surface area contributed by atoms with Crippen LogP contribution < -0.4 is 9.46 Å². The first-order chi connectivity index (χ1) is 10.1. The lowest BCUT2D eigenvalue weighted by atomic mass is 10.3. The molecule has 2 aromatic heterocycles. The lowest BCUT2D eigenvalue weighted by Gasteiger charge is -2.10. The third-order valence-corrected chi connectivity index (χ3v) is 4.46. The molecule has 21 heavy (non-hydrogen) atoms. The Morgan fingerprint density at radius 3 is 2.81 bits per heavy atom. The first-order valence-corrected chi connectivity index (χ1v) is 7.68. The number of fused-ring (bicyclic) bond motifs is 1. The summed E-state index contributed by atoms with van der Waals surface area (Å²) in [6.45, 7) is 0. The Morgan fingerprint density at radius 2 is 2.00 bits per heavy atom. The fourth-order valence-electron chi connectivity index (χ4n) is 2.08. The molecule has 0 aliphatic carbocycles. The van der Waals surface area contributed by atoms with Gasteiger partial charge in [-0.2, -0.15) is 0 Å². The number of aromatic amines is 1. The van der Waals surface area contributed by atoms with E-state index in [0.717, 1.165) is 0 Å². The standard InChI is InChI=1S/C14H13N3O3S/c1-20-12-7-3-2-6-11(12)17-21(18,19)13-9-16-14-10(13)5-4-8-15-14/h2-9,17H,1H3,(H,15,16). The van der Waals surface area contributed by atoms with Crippen molar-refractivity contribution in [2.75, 3.05) is 11.8 Å². The number of methoxy groups -OCH3 is 1. The summed E-state index contributed by atoms with van der Waals surface area (Å²) in [6.07, 6.45) is 3.03. The molecule has 2 heterocycles. The van der Waals surface area contributed by atoms with Gasteiger partial charge in [0.1, 0.15) is 16.3 Å². The number of hydrogen-bond donors (Lipinski definition) is 2. The van der Waals surface area contributed by atoms with Crippen LogP contribution in [0.2, 0.25) is 0 Å². The molecule has 108 valence electrons. The number of anilines is 1. The maximum absolute atomic E-state index is 12.5. The van der Waals surface area contributed by atoms with Gasteiger partial charge < -0.3 is 9.72 Å². The largest absolute Gasteiger partial charge is 0.495 e. The molecule has 0 fully saturated rings. The lowest BCUT2D eigenvalue weighted by Crippen LogP contribution is -2.13. The van der Waals surface area contributed by atoms with E-state index >= 15 is 0 Å². The Morgan fingerprint density at radius 1 is 1.19 bits per heavy atom. The highest BCUT2D eigenvalue weighted by atomic mass is 32.2. The fourth-order valence-corrected chi connectivity index (χ4v) is 3.32. The van der Waals surface area contributed by atoms with Crippen LogP contribution in [-0.4, -0.2) is 25.5 Å². The average Bonchev–Trinajstić information content (AvgIpc) is 2.92. The van der Waals surface area contributed by atoms with E-state index in [0.29, 0.717) is 22.5 Å². The van der Waals surface area contributed by atoms with Crippen molar-refractivity contribution in [3.8, 4) is 5.75 Å². The van der Waals surface area contributed by atoms with E-state index in [1.165, 1.54) is 13.3 Å². The molecule has 1 aromatic carbocycles. The number of ether oxygens (including phenoxy) is 1. The van der Waals surface area contributed by atoms with Crippen molar-refractivity contribution in [2.45, 2.75) is 4.90 Å². The van der Waals surface area contributed by atoms with E-state index in [1.54, 1.807) is 42.6 Å². The summed E-state index contributed by atoms with van der Waals surface area (Å²) in [5.74, 6) is 0.457. The highest BCUT2D eigenvalue weighted by molar-refractivity contribution is 7.93. The molecule has 0 aliphatic heterocycles. The second-order valence-corrected chi connectivity index (χ2v) is 6.01. The minimum absolute atomic E-state index is 0.150. The molecule has 0 saturated heterocycles. The number of benzene rings is 1. The summed E-state index contributed by atoms with van der Waals surface area (Å²) in [4.78, 5) is 7.08. The number of aromatic nitrogens is 2. The monoisotopic (exact) mass is 303 g/mol. The summed E-state index contributed by atoms with van der Waals surface area (Å²) < 4.78 is 32.7. The van der Waals surface area contributed by atoms with Crippen molar-refractivity contribution in [1.82, 2.24) is 9.97 Å². The van der Waals surface area contributed by atoms with Gasteiger partial charge in [0.25, 0.3) is 10.0 Å². The van der Waals surface area contributed by atoms with Gasteiger partial charge in [0.2, 0.25) is 0 Å².